The first-order valence-electron chi connectivity index (χ1n) is 5.82. The molecule has 0 aliphatic rings. The van der Waals surface area contributed by atoms with Crippen molar-refractivity contribution < 1.29 is 4.74 Å². The van der Waals surface area contributed by atoms with Gasteiger partial charge in [-0.25, -0.2) is 0 Å². The Morgan fingerprint density at radius 1 is 1.44 bits per heavy atom. The molecule has 0 spiro atoms. The van der Waals surface area contributed by atoms with Crippen LogP contribution in [0.1, 0.15) is 24.5 Å². The molecule has 2 nitrogen and oxygen atoms in total. The standard InChI is InChI=1S/C14H21NO/c1-4-6-9-16-14-8-7-12(3)10-13(14)11-15-5-2/h4,7-8,10,15H,1,5-6,9,11H2,2-3H3. The lowest BCUT2D eigenvalue weighted by molar-refractivity contribution is 0.320. The molecule has 0 amide bonds. The Balaban J connectivity index is 2.68. The second kappa shape index (κ2) is 7.07. The van der Waals surface area contributed by atoms with Gasteiger partial charge in [0.25, 0.3) is 0 Å². The molecule has 0 aliphatic carbocycles. The molecular formula is C14H21NO. The summed E-state index contributed by atoms with van der Waals surface area (Å²) >= 11 is 0. The second-order valence-corrected chi connectivity index (χ2v) is 3.82. The predicted octanol–water partition coefficient (Wildman–Crippen LogP) is 3.06. The minimum absolute atomic E-state index is 0.700. The van der Waals surface area contributed by atoms with E-state index in [0.29, 0.717) is 6.61 Å². The van der Waals surface area contributed by atoms with Crippen LogP contribution in [0, 0.1) is 6.92 Å². The molecule has 1 rings (SSSR count). The third-order valence-electron chi connectivity index (χ3n) is 2.36. The normalized spacial score (nSPS) is 10.1. The highest BCUT2D eigenvalue weighted by molar-refractivity contribution is 5.36. The SMILES string of the molecule is C=CCCOc1ccc(C)cc1CNCC. The van der Waals surface area contributed by atoms with Crippen molar-refractivity contribution in [1.29, 1.82) is 0 Å². The molecule has 0 radical (unpaired) electrons. The van der Waals surface area contributed by atoms with Crippen molar-refractivity contribution in [2.24, 2.45) is 0 Å². The summed E-state index contributed by atoms with van der Waals surface area (Å²) in [5, 5.41) is 3.32. The van der Waals surface area contributed by atoms with Gasteiger partial charge < -0.3 is 10.1 Å². The quantitative estimate of drug-likeness (QED) is 0.562. The zero-order chi connectivity index (χ0) is 11.8. The van der Waals surface area contributed by atoms with Gasteiger partial charge in [0.05, 0.1) is 6.61 Å². The summed E-state index contributed by atoms with van der Waals surface area (Å²) in [5.41, 5.74) is 2.50. The van der Waals surface area contributed by atoms with E-state index >= 15 is 0 Å². The minimum atomic E-state index is 0.700. The Morgan fingerprint density at radius 3 is 2.94 bits per heavy atom. The molecule has 0 atom stereocenters. The Hall–Kier alpha value is -1.28. The molecule has 0 aromatic heterocycles. The zero-order valence-corrected chi connectivity index (χ0v) is 10.3. The van der Waals surface area contributed by atoms with Gasteiger partial charge in [0.15, 0.2) is 0 Å². The molecule has 0 aliphatic heterocycles. The number of aryl methyl sites for hydroxylation is 1. The monoisotopic (exact) mass is 219 g/mol. The maximum Gasteiger partial charge on any atom is 0.123 e. The lowest BCUT2D eigenvalue weighted by Crippen LogP contribution is -2.13. The summed E-state index contributed by atoms with van der Waals surface area (Å²) in [6.45, 7) is 10.4. The number of ether oxygens (including phenoxy) is 1. The Kier molecular flexibility index (Phi) is 5.65. The van der Waals surface area contributed by atoms with Crippen molar-refractivity contribution in [3.05, 3.63) is 42.0 Å². The number of benzene rings is 1. The fourth-order valence-corrected chi connectivity index (χ4v) is 1.50. The van der Waals surface area contributed by atoms with Gasteiger partial charge >= 0.3 is 0 Å². The van der Waals surface area contributed by atoms with Gasteiger partial charge in [0.1, 0.15) is 5.75 Å². The summed E-state index contributed by atoms with van der Waals surface area (Å²) in [6, 6.07) is 6.30. The van der Waals surface area contributed by atoms with E-state index in [9.17, 15) is 0 Å². The fraction of sp³-hybridized carbons (Fsp3) is 0.429. The van der Waals surface area contributed by atoms with E-state index in [1.54, 1.807) is 0 Å². The van der Waals surface area contributed by atoms with Gasteiger partial charge in [-0.15, -0.1) is 6.58 Å². The average Bonchev–Trinajstić information content (AvgIpc) is 2.29. The van der Waals surface area contributed by atoms with Gasteiger partial charge in [-0.05, 0) is 26.0 Å². The van der Waals surface area contributed by atoms with Crippen LogP contribution in [0.2, 0.25) is 0 Å². The summed E-state index contributed by atoms with van der Waals surface area (Å²) in [6.07, 6.45) is 2.76. The van der Waals surface area contributed by atoms with E-state index in [4.69, 9.17) is 4.74 Å². The lowest BCUT2D eigenvalue weighted by atomic mass is 10.1. The Morgan fingerprint density at radius 2 is 2.25 bits per heavy atom. The second-order valence-electron chi connectivity index (χ2n) is 3.82. The summed E-state index contributed by atoms with van der Waals surface area (Å²) in [7, 11) is 0. The molecule has 16 heavy (non-hydrogen) atoms. The van der Waals surface area contributed by atoms with Gasteiger partial charge in [-0.2, -0.15) is 0 Å². The summed E-state index contributed by atoms with van der Waals surface area (Å²) in [4.78, 5) is 0. The van der Waals surface area contributed by atoms with E-state index < -0.39 is 0 Å². The summed E-state index contributed by atoms with van der Waals surface area (Å²) < 4.78 is 5.72. The van der Waals surface area contributed by atoms with E-state index in [1.165, 1.54) is 11.1 Å². The first-order chi connectivity index (χ1) is 7.77. The molecule has 2 heteroatoms. The van der Waals surface area contributed by atoms with Gasteiger partial charge in [0, 0.05) is 12.1 Å². The topological polar surface area (TPSA) is 21.3 Å². The minimum Gasteiger partial charge on any atom is -0.493 e. The largest absolute Gasteiger partial charge is 0.493 e. The highest BCUT2D eigenvalue weighted by Crippen LogP contribution is 2.20. The lowest BCUT2D eigenvalue weighted by Gasteiger charge is -2.12. The highest BCUT2D eigenvalue weighted by atomic mass is 16.5. The number of hydrogen-bond donors (Lipinski definition) is 1. The third kappa shape index (κ3) is 4.07. The van der Waals surface area contributed by atoms with Crippen molar-refractivity contribution >= 4 is 0 Å². The van der Waals surface area contributed by atoms with Gasteiger partial charge in [-0.1, -0.05) is 30.7 Å². The van der Waals surface area contributed by atoms with E-state index in [1.807, 2.05) is 12.1 Å². The van der Waals surface area contributed by atoms with Crippen LogP contribution in [0.5, 0.6) is 5.75 Å². The van der Waals surface area contributed by atoms with Crippen LogP contribution in [0.3, 0.4) is 0 Å². The number of rotatable bonds is 7. The first-order valence-corrected chi connectivity index (χ1v) is 5.82. The van der Waals surface area contributed by atoms with E-state index in [2.05, 4.69) is 37.9 Å². The van der Waals surface area contributed by atoms with Crippen LogP contribution < -0.4 is 10.1 Å². The zero-order valence-electron chi connectivity index (χ0n) is 10.3. The van der Waals surface area contributed by atoms with Crippen LogP contribution in [0.15, 0.2) is 30.9 Å². The predicted molar refractivity (Wildman–Crippen MR) is 68.9 cm³/mol. The smallest absolute Gasteiger partial charge is 0.123 e. The average molecular weight is 219 g/mol. The molecule has 0 unspecified atom stereocenters. The van der Waals surface area contributed by atoms with E-state index in [-0.39, 0.29) is 0 Å². The molecule has 0 saturated heterocycles. The molecule has 0 heterocycles. The Bertz CT molecular complexity index is 334. The summed E-state index contributed by atoms with van der Waals surface area (Å²) in [5.74, 6) is 0.980. The van der Waals surface area contributed by atoms with Crippen LogP contribution in [-0.2, 0) is 6.54 Å². The van der Waals surface area contributed by atoms with Crippen molar-refractivity contribution in [3.63, 3.8) is 0 Å². The van der Waals surface area contributed by atoms with Crippen LogP contribution >= 0.6 is 0 Å². The van der Waals surface area contributed by atoms with E-state index in [0.717, 1.165) is 25.3 Å². The third-order valence-corrected chi connectivity index (χ3v) is 2.36. The fourth-order valence-electron chi connectivity index (χ4n) is 1.50. The first kappa shape index (κ1) is 12.8. The van der Waals surface area contributed by atoms with Crippen molar-refractivity contribution in [2.45, 2.75) is 26.8 Å². The van der Waals surface area contributed by atoms with Crippen molar-refractivity contribution in [1.82, 2.24) is 5.32 Å². The van der Waals surface area contributed by atoms with Gasteiger partial charge in [0.2, 0.25) is 0 Å². The maximum absolute atomic E-state index is 5.72. The van der Waals surface area contributed by atoms with Crippen LogP contribution in [0.4, 0.5) is 0 Å². The van der Waals surface area contributed by atoms with Crippen LogP contribution in [0.25, 0.3) is 0 Å². The molecule has 0 bridgehead atoms. The van der Waals surface area contributed by atoms with Crippen molar-refractivity contribution in [3.8, 4) is 5.75 Å². The van der Waals surface area contributed by atoms with Crippen molar-refractivity contribution in [2.75, 3.05) is 13.2 Å². The molecule has 1 N–H and O–H groups in total. The molecule has 1 aromatic rings. The maximum atomic E-state index is 5.72. The molecule has 0 fully saturated rings. The van der Waals surface area contributed by atoms with Gasteiger partial charge in [-0.3, -0.25) is 0 Å². The molecule has 1 aromatic carbocycles. The molecular weight excluding hydrogens is 198 g/mol. The number of hydrogen-bond acceptors (Lipinski definition) is 2. The number of nitrogens with one attached hydrogen (secondary N) is 1. The highest BCUT2D eigenvalue weighted by Gasteiger charge is 2.03. The van der Waals surface area contributed by atoms with Crippen LogP contribution in [-0.4, -0.2) is 13.2 Å². The Labute approximate surface area is 98.3 Å². The molecule has 0 saturated carbocycles. The molecule has 88 valence electrons.